The van der Waals surface area contributed by atoms with E-state index in [1.54, 1.807) is 0 Å². The highest BCUT2D eigenvalue weighted by Gasteiger charge is 2.65. The summed E-state index contributed by atoms with van der Waals surface area (Å²) in [6, 6.07) is 4.38. The molecular weight excluding hydrogens is 530 g/mol. The maximum absolute atomic E-state index is 13.1. The van der Waals surface area contributed by atoms with E-state index in [0.29, 0.717) is 23.3 Å². The third-order valence-electron chi connectivity index (χ3n) is 7.99. The van der Waals surface area contributed by atoms with Crippen LogP contribution in [0.1, 0.15) is 52.0 Å². The SMILES string of the molecule is CC(=O)N(C(=N)N)C(=O)CC(=O)Nc1ccc(C[C@H](NS(=O)(=O)C[C@]23CCC(CC2=O)C3(C)C)C(=O)O)cc1. The van der Waals surface area contributed by atoms with Crippen molar-refractivity contribution in [2.24, 2.45) is 22.5 Å². The summed E-state index contributed by atoms with van der Waals surface area (Å²) < 4.78 is 28.4. The summed E-state index contributed by atoms with van der Waals surface area (Å²) in [6.45, 7) is 4.83. The number of carbonyl (C=O) groups is 5. The largest absolute Gasteiger partial charge is 0.480 e. The lowest BCUT2D eigenvalue weighted by Crippen LogP contribution is -2.49. The Kier molecular flexibility index (Phi) is 8.32. The third kappa shape index (κ3) is 6.17. The molecule has 0 heterocycles. The van der Waals surface area contributed by atoms with Crippen molar-refractivity contribution in [3.05, 3.63) is 29.8 Å². The fourth-order valence-corrected chi connectivity index (χ4v) is 7.76. The number of nitrogens with zero attached hydrogens (tertiary/aromatic N) is 1. The molecule has 212 valence electrons. The molecule has 0 spiro atoms. The minimum atomic E-state index is -4.12. The third-order valence-corrected chi connectivity index (χ3v) is 9.51. The van der Waals surface area contributed by atoms with E-state index in [4.69, 9.17) is 11.1 Å². The molecule has 2 aliphatic rings. The van der Waals surface area contributed by atoms with Crippen LogP contribution in [0.15, 0.2) is 24.3 Å². The molecule has 1 aromatic rings. The Balaban J connectivity index is 1.63. The van der Waals surface area contributed by atoms with Gasteiger partial charge in [0.1, 0.15) is 18.2 Å². The molecule has 1 unspecified atom stereocenters. The summed E-state index contributed by atoms with van der Waals surface area (Å²) in [4.78, 5) is 60.7. The molecule has 3 atom stereocenters. The standard InChI is InChI=1S/C25H33N5O8S/c1-14(31)30(23(26)27)21(34)12-20(33)28-17-6-4-15(5-7-17)10-18(22(35)36)29-39(37,38)13-25-9-8-16(11-19(25)32)24(25,2)3/h4-7,16,18,29H,8-13H2,1-3H3,(H3,26,27)(H,28,33)(H,35,36)/t16?,18-,25+/m0/s1. The van der Waals surface area contributed by atoms with E-state index < -0.39 is 68.7 Å². The summed E-state index contributed by atoms with van der Waals surface area (Å²) in [5.74, 6) is -5.16. The summed E-state index contributed by atoms with van der Waals surface area (Å²) in [7, 11) is -4.12. The Morgan fingerprint density at radius 1 is 1.21 bits per heavy atom. The highest BCUT2D eigenvalue weighted by Crippen LogP contribution is 2.64. The highest BCUT2D eigenvalue weighted by atomic mass is 32.2. The maximum Gasteiger partial charge on any atom is 0.322 e. The second-order valence-corrected chi connectivity index (χ2v) is 12.4. The van der Waals surface area contributed by atoms with E-state index in [9.17, 15) is 37.5 Å². The number of nitrogens with one attached hydrogen (secondary N) is 3. The summed E-state index contributed by atoms with van der Waals surface area (Å²) in [5, 5.41) is 19.4. The van der Waals surface area contributed by atoms with Crippen molar-refractivity contribution in [1.82, 2.24) is 9.62 Å². The zero-order chi connectivity index (χ0) is 29.3. The molecule has 2 aliphatic carbocycles. The molecule has 39 heavy (non-hydrogen) atoms. The van der Waals surface area contributed by atoms with Gasteiger partial charge in [-0.3, -0.25) is 29.4 Å². The summed E-state index contributed by atoms with van der Waals surface area (Å²) in [5.41, 5.74) is 4.39. The molecule has 13 nitrogen and oxygen atoms in total. The van der Waals surface area contributed by atoms with Gasteiger partial charge in [-0.25, -0.2) is 18.0 Å². The molecule has 1 aromatic carbocycles. The molecular formula is C25H33N5O8S. The average molecular weight is 564 g/mol. The Bertz CT molecular complexity index is 1310. The molecule has 0 aliphatic heterocycles. The molecule has 0 radical (unpaired) electrons. The minimum absolute atomic E-state index is 0.0874. The number of carbonyl (C=O) groups excluding carboxylic acids is 4. The van der Waals surface area contributed by atoms with Gasteiger partial charge in [0.25, 0.3) is 0 Å². The second kappa shape index (κ2) is 10.8. The molecule has 14 heteroatoms. The van der Waals surface area contributed by atoms with Gasteiger partial charge in [0.2, 0.25) is 33.7 Å². The first-order chi connectivity index (χ1) is 18.0. The van der Waals surface area contributed by atoms with Crippen molar-refractivity contribution in [2.75, 3.05) is 11.1 Å². The van der Waals surface area contributed by atoms with E-state index >= 15 is 0 Å². The minimum Gasteiger partial charge on any atom is -0.480 e. The van der Waals surface area contributed by atoms with Gasteiger partial charge in [-0.05, 0) is 48.3 Å². The number of carboxylic acid groups (broad SMARTS) is 1. The number of anilines is 1. The predicted molar refractivity (Wildman–Crippen MR) is 140 cm³/mol. The van der Waals surface area contributed by atoms with Crippen LogP contribution in [0.5, 0.6) is 0 Å². The van der Waals surface area contributed by atoms with Crippen molar-refractivity contribution in [2.45, 2.75) is 58.9 Å². The molecule has 6 N–H and O–H groups in total. The lowest BCUT2D eigenvalue weighted by Gasteiger charge is -2.36. The maximum atomic E-state index is 13.1. The number of hydrogen-bond acceptors (Lipinski definition) is 8. The lowest BCUT2D eigenvalue weighted by atomic mass is 9.70. The number of Topliss-reactive ketones (excluding diaryl/α,β-unsaturated/α-hetero) is 1. The Morgan fingerprint density at radius 2 is 1.82 bits per heavy atom. The summed E-state index contributed by atoms with van der Waals surface area (Å²) >= 11 is 0. The Hall–Kier alpha value is -3.65. The van der Waals surface area contributed by atoms with Crippen LogP contribution in [-0.2, 0) is 40.4 Å². The number of aliphatic carboxylic acids is 1. The van der Waals surface area contributed by atoms with E-state index in [1.165, 1.54) is 24.3 Å². The van der Waals surface area contributed by atoms with Crippen LogP contribution in [-0.4, -0.2) is 65.7 Å². The first kappa shape index (κ1) is 29.9. The number of amides is 3. The van der Waals surface area contributed by atoms with Gasteiger partial charge in [-0.2, -0.15) is 0 Å². The number of guanidine groups is 1. The molecule has 3 amide bonds. The predicted octanol–water partition coefficient (Wildman–Crippen LogP) is 0.594. The van der Waals surface area contributed by atoms with Gasteiger partial charge in [0.05, 0.1) is 5.75 Å². The number of rotatable bonds is 10. The van der Waals surface area contributed by atoms with E-state index in [2.05, 4.69) is 10.0 Å². The Morgan fingerprint density at radius 3 is 2.28 bits per heavy atom. The zero-order valence-corrected chi connectivity index (χ0v) is 22.8. The normalized spacial score (nSPS) is 22.2. The van der Waals surface area contributed by atoms with Crippen molar-refractivity contribution in [3.8, 4) is 0 Å². The van der Waals surface area contributed by atoms with E-state index in [1.807, 2.05) is 13.8 Å². The topological polar surface area (TPSA) is 217 Å². The van der Waals surface area contributed by atoms with Gasteiger partial charge < -0.3 is 16.2 Å². The van der Waals surface area contributed by atoms with Gasteiger partial charge in [-0.1, -0.05) is 26.0 Å². The van der Waals surface area contributed by atoms with Crippen LogP contribution in [0.4, 0.5) is 5.69 Å². The zero-order valence-electron chi connectivity index (χ0n) is 21.9. The number of ketones is 1. The van der Waals surface area contributed by atoms with Gasteiger partial charge in [0.15, 0.2) is 0 Å². The second-order valence-electron chi connectivity index (χ2n) is 10.7. The molecule has 3 rings (SSSR count). The fourth-order valence-electron chi connectivity index (χ4n) is 5.73. The number of sulfonamides is 1. The number of hydrogen-bond donors (Lipinski definition) is 5. The van der Waals surface area contributed by atoms with Crippen LogP contribution in [0.3, 0.4) is 0 Å². The number of nitrogens with two attached hydrogens (primary N) is 1. The smallest absolute Gasteiger partial charge is 0.322 e. The van der Waals surface area contributed by atoms with Crippen LogP contribution in [0.2, 0.25) is 0 Å². The van der Waals surface area contributed by atoms with Gasteiger partial charge in [0, 0.05) is 24.4 Å². The highest BCUT2D eigenvalue weighted by molar-refractivity contribution is 7.89. The van der Waals surface area contributed by atoms with Crippen molar-refractivity contribution < 1.29 is 37.5 Å². The first-order valence-electron chi connectivity index (χ1n) is 12.3. The number of fused-ring (bicyclic) bond motifs is 2. The van der Waals surface area contributed by atoms with E-state index in [-0.39, 0.29) is 23.8 Å². The lowest BCUT2D eigenvalue weighted by molar-refractivity contribution is -0.140. The van der Waals surface area contributed by atoms with Crippen molar-refractivity contribution >= 4 is 51.1 Å². The van der Waals surface area contributed by atoms with Gasteiger partial charge >= 0.3 is 5.97 Å². The molecule has 0 aromatic heterocycles. The quantitative estimate of drug-likeness (QED) is 0.153. The van der Waals surface area contributed by atoms with Crippen molar-refractivity contribution in [1.29, 1.82) is 5.41 Å². The monoisotopic (exact) mass is 563 g/mol. The number of carboxylic acids is 1. The Labute approximate surface area is 226 Å². The van der Waals surface area contributed by atoms with Crippen LogP contribution < -0.4 is 15.8 Å². The number of imide groups is 1. The van der Waals surface area contributed by atoms with Gasteiger partial charge in [-0.15, -0.1) is 0 Å². The molecule has 2 saturated carbocycles. The first-order valence-corrected chi connectivity index (χ1v) is 14.0. The average Bonchev–Trinajstić information content (AvgIpc) is 3.13. The van der Waals surface area contributed by atoms with Crippen LogP contribution in [0.25, 0.3) is 0 Å². The fraction of sp³-hybridized carbons (Fsp3) is 0.520. The molecule has 2 fully saturated rings. The molecule has 0 saturated heterocycles. The summed E-state index contributed by atoms with van der Waals surface area (Å²) in [6.07, 6.45) is 0.626. The number of benzene rings is 1. The van der Waals surface area contributed by atoms with Crippen molar-refractivity contribution in [3.63, 3.8) is 0 Å². The van der Waals surface area contributed by atoms with Crippen LogP contribution in [0, 0.1) is 22.2 Å². The van der Waals surface area contributed by atoms with E-state index in [0.717, 1.165) is 13.3 Å². The van der Waals surface area contributed by atoms with Crippen LogP contribution >= 0.6 is 0 Å². The molecule has 2 bridgehead atoms.